The van der Waals surface area contributed by atoms with E-state index in [2.05, 4.69) is 15.9 Å². The Morgan fingerprint density at radius 1 is 1.11 bits per heavy atom. The van der Waals surface area contributed by atoms with Gasteiger partial charge in [0.2, 0.25) is 0 Å². The molecule has 2 aromatic rings. The Hall–Kier alpha value is -1.48. The van der Waals surface area contributed by atoms with E-state index in [9.17, 15) is 9.18 Å². The number of benzene rings is 2. The number of ketones is 1. The molecule has 2 aromatic carbocycles. The van der Waals surface area contributed by atoms with Crippen LogP contribution in [0.4, 0.5) is 4.39 Å². The van der Waals surface area contributed by atoms with Gasteiger partial charge in [0, 0.05) is 16.5 Å². The van der Waals surface area contributed by atoms with Gasteiger partial charge in [0.1, 0.15) is 5.82 Å². The lowest BCUT2D eigenvalue weighted by Crippen LogP contribution is -2.00. The second kappa shape index (κ2) is 6.62. The molecule has 0 saturated heterocycles. The largest absolute Gasteiger partial charge is 0.294 e. The van der Waals surface area contributed by atoms with E-state index in [1.807, 2.05) is 30.3 Å². The number of carbonyl (C=O) groups is 1. The molecule has 0 atom stereocenters. The van der Waals surface area contributed by atoms with Crippen LogP contribution in [0, 0.1) is 5.82 Å². The molecule has 0 unspecified atom stereocenters. The Labute approximate surface area is 120 Å². The van der Waals surface area contributed by atoms with E-state index < -0.39 is 0 Å². The Morgan fingerprint density at radius 3 is 2.53 bits per heavy atom. The highest BCUT2D eigenvalue weighted by Gasteiger charge is 2.06. The zero-order chi connectivity index (χ0) is 13.7. The number of Topliss-reactive ketones (excluding diaryl/α,β-unsaturated/α-hetero) is 1. The summed E-state index contributed by atoms with van der Waals surface area (Å²) in [6, 6.07) is 13.9. The lowest BCUT2D eigenvalue weighted by molar-refractivity contribution is 0.0980. The maximum absolute atomic E-state index is 12.9. The molecule has 0 aliphatic carbocycles. The highest BCUT2D eigenvalue weighted by Crippen LogP contribution is 2.20. The monoisotopic (exact) mass is 320 g/mol. The molecule has 2 rings (SSSR count). The van der Waals surface area contributed by atoms with Crippen LogP contribution < -0.4 is 0 Å². The fourth-order valence-electron chi connectivity index (χ4n) is 1.93. The van der Waals surface area contributed by atoms with Crippen LogP contribution in [0.2, 0.25) is 0 Å². The van der Waals surface area contributed by atoms with Crippen molar-refractivity contribution in [1.82, 2.24) is 0 Å². The van der Waals surface area contributed by atoms with Crippen molar-refractivity contribution in [2.75, 3.05) is 0 Å². The predicted octanol–water partition coefficient (Wildman–Crippen LogP) is 4.79. The summed E-state index contributed by atoms with van der Waals surface area (Å²) < 4.78 is 13.7. The minimum absolute atomic E-state index is 0.152. The van der Waals surface area contributed by atoms with Gasteiger partial charge in [-0.1, -0.05) is 52.3 Å². The number of carbonyl (C=O) groups excluding carboxylic acids is 1. The summed E-state index contributed by atoms with van der Waals surface area (Å²) in [6.07, 6.45) is 2.03. The van der Waals surface area contributed by atoms with Crippen molar-refractivity contribution >= 4 is 21.7 Å². The summed E-state index contributed by atoms with van der Waals surface area (Å²) in [4.78, 5) is 11.9. The third kappa shape index (κ3) is 4.00. The van der Waals surface area contributed by atoms with Crippen LogP contribution in [0.1, 0.15) is 28.8 Å². The summed E-state index contributed by atoms with van der Waals surface area (Å²) in [5, 5.41) is 0. The molecule has 0 bridgehead atoms. The summed E-state index contributed by atoms with van der Waals surface area (Å²) in [5.74, 6) is -0.102. The molecule has 0 aliphatic heterocycles. The lowest BCUT2D eigenvalue weighted by atomic mass is 10.0. The van der Waals surface area contributed by atoms with E-state index >= 15 is 0 Å². The highest BCUT2D eigenvalue weighted by molar-refractivity contribution is 9.10. The fourth-order valence-corrected chi connectivity index (χ4v) is 2.48. The first-order chi connectivity index (χ1) is 9.16. The minimum Gasteiger partial charge on any atom is -0.294 e. The van der Waals surface area contributed by atoms with E-state index in [1.165, 1.54) is 12.1 Å². The van der Waals surface area contributed by atoms with Crippen molar-refractivity contribution in [2.24, 2.45) is 0 Å². The summed E-state index contributed by atoms with van der Waals surface area (Å²) in [6.45, 7) is 0. The molecule has 0 spiro atoms. The van der Waals surface area contributed by atoms with Crippen LogP contribution in [0.25, 0.3) is 0 Å². The standard InChI is InChI=1S/C16H14BrFO/c17-15-11-14(18)10-9-12(15)7-4-8-16(19)13-5-2-1-3-6-13/h1-3,5-6,9-11H,4,7-8H2. The van der Waals surface area contributed by atoms with E-state index in [0.29, 0.717) is 6.42 Å². The molecular weight excluding hydrogens is 307 g/mol. The fraction of sp³-hybridized carbons (Fsp3) is 0.188. The maximum atomic E-state index is 12.9. The molecule has 0 fully saturated rings. The number of rotatable bonds is 5. The molecular formula is C16H14BrFO. The van der Waals surface area contributed by atoms with Crippen LogP contribution in [0.3, 0.4) is 0 Å². The molecule has 3 heteroatoms. The van der Waals surface area contributed by atoms with Crippen molar-refractivity contribution in [2.45, 2.75) is 19.3 Å². The summed E-state index contributed by atoms with van der Waals surface area (Å²) in [5.41, 5.74) is 1.78. The van der Waals surface area contributed by atoms with Gasteiger partial charge in [-0.05, 0) is 30.5 Å². The van der Waals surface area contributed by atoms with Crippen LogP contribution in [-0.4, -0.2) is 5.78 Å². The van der Waals surface area contributed by atoms with Crippen LogP contribution in [0.15, 0.2) is 53.0 Å². The molecule has 1 nitrogen and oxygen atoms in total. The number of hydrogen-bond donors (Lipinski definition) is 0. The van der Waals surface area contributed by atoms with Gasteiger partial charge in [-0.3, -0.25) is 4.79 Å². The van der Waals surface area contributed by atoms with Crippen LogP contribution in [0.5, 0.6) is 0 Å². The maximum Gasteiger partial charge on any atom is 0.162 e. The first-order valence-corrected chi connectivity index (χ1v) is 6.98. The van der Waals surface area contributed by atoms with Crippen molar-refractivity contribution in [3.8, 4) is 0 Å². The Bertz CT molecular complexity index is 566. The molecule has 0 heterocycles. The number of aryl methyl sites for hydroxylation is 1. The highest BCUT2D eigenvalue weighted by atomic mass is 79.9. The van der Waals surface area contributed by atoms with Crippen molar-refractivity contribution in [1.29, 1.82) is 0 Å². The Kier molecular flexibility index (Phi) is 4.86. The molecule has 19 heavy (non-hydrogen) atoms. The quantitative estimate of drug-likeness (QED) is 0.723. The van der Waals surface area contributed by atoms with Gasteiger partial charge in [-0.2, -0.15) is 0 Å². The SMILES string of the molecule is O=C(CCCc1ccc(F)cc1Br)c1ccccc1. The zero-order valence-electron chi connectivity index (χ0n) is 10.4. The van der Waals surface area contributed by atoms with Gasteiger partial charge < -0.3 is 0 Å². The lowest BCUT2D eigenvalue weighted by Gasteiger charge is -2.04. The first kappa shape index (κ1) is 13.9. The molecule has 0 amide bonds. The minimum atomic E-state index is -0.254. The van der Waals surface area contributed by atoms with E-state index in [0.717, 1.165) is 28.4 Å². The van der Waals surface area contributed by atoms with Crippen molar-refractivity contribution < 1.29 is 9.18 Å². The first-order valence-electron chi connectivity index (χ1n) is 6.19. The normalized spacial score (nSPS) is 10.4. The summed E-state index contributed by atoms with van der Waals surface area (Å²) >= 11 is 3.33. The number of hydrogen-bond acceptors (Lipinski definition) is 1. The number of halogens is 2. The van der Waals surface area contributed by atoms with Crippen LogP contribution >= 0.6 is 15.9 Å². The average molecular weight is 321 g/mol. The van der Waals surface area contributed by atoms with Gasteiger partial charge >= 0.3 is 0 Å². The smallest absolute Gasteiger partial charge is 0.162 e. The second-order valence-electron chi connectivity index (χ2n) is 4.38. The molecule has 0 aliphatic rings. The summed E-state index contributed by atoms with van der Waals surface area (Å²) in [7, 11) is 0. The van der Waals surface area contributed by atoms with E-state index in [-0.39, 0.29) is 11.6 Å². The van der Waals surface area contributed by atoms with Crippen LogP contribution in [-0.2, 0) is 6.42 Å². The Balaban J connectivity index is 1.88. The third-order valence-corrected chi connectivity index (χ3v) is 3.70. The van der Waals surface area contributed by atoms with Gasteiger partial charge in [0.15, 0.2) is 5.78 Å². The van der Waals surface area contributed by atoms with Crippen molar-refractivity contribution in [3.05, 3.63) is 69.9 Å². The molecule has 0 saturated carbocycles. The zero-order valence-corrected chi connectivity index (χ0v) is 12.0. The third-order valence-electron chi connectivity index (χ3n) is 2.96. The van der Waals surface area contributed by atoms with Gasteiger partial charge in [0.05, 0.1) is 0 Å². The molecule has 98 valence electrons. The van der Waals surface area contributed by atoms with Crippen molar-refractivity contribution in [3.63, 3.8) is 0 Å². The molecule has 0 N–H and O–H groups in total. The van der Waals surface area contributed by atoms with Gasteiger partial charge in [-0.15, -0.1) is 0 Å². The van der Waals surface area contributed by atoms with Gasteiger partial charge in [-0.25, -0.2) is 4.39 Å². The average Bonchev–Trinajstić information content (AvgIpc) is 2.42. The molecule has 0 aromatic heterocycles. The predicted molar refractivity (Wildman–Crippen MR) is 77.8 cm³/mol. The Morgan fingerprint density at radius 2 is 1.84 bits per heavy atom. The van der Waals surface area contributed by atoms with Gasteiger partial charge in [0.25, 0.3) is 0 Å². The topological polar surface area (TPSA) is 17.1 Å². The van der Waals surface area contributed by atoms with E-state index in [4.69, 9.17) is 0 Å². The molecule has 0 radical (unpaired) electrons. The van der Waals surface area contributed by atoms with E-state index in [1.54, 1.807) is 6.07 Å². The second-order valence-corrected chi connectivity index (χ2v) is 5.23.